The van der Waals surface area contributed by atoms with Crippen molar-refractivity contribution in [2.45, 2.75) is 19.9 Å². The Balaban J connectivity index is 1.44. The Kier molecular flexibility index (Phi) is 4.74. The first-order chi connectivity index (χ1) is 15.5. The highest BCUT2D eigenvalue weighted by molar-refractivity contribution is 6.05. The molecule has 4 heterocycles. The fourth-order valence-electron chi connectivity index (χ4n) is 3.42. The summed E-state index contributed by atoms with van der Waals surface area (Å²) in [5.74, 6) is 0.00690. The van der Waals surface area contributed by atoms with Crippen LogP contribution in [0.15, 0.2) is 65.7 Å². The molecule has 5 aromatic rings. The monoisotopic (exact) mass is 431 g/mol. The molecule has 0 atom stereocenters. The highest BCUT2D eigenvalue weighted by atomic mass is 19.1. The van der Waals surface area contributed by atoms with Crippen LogP contribution >= 0.6 is 0 Å². The molecule has 1 aromatic carbocycles. The van der Waals surface area contributed by atoms with Gasteiger partial charge in [0.2, 0.25) is 5.95 Å². The molecule has 10 heteroatoms. The van der Waals surface area contributed by atoms with E-state index < -0.39 is 11.9 Å². The Hall–Kier alpha value is -4.34. The molecule has 0 radical (unpaired) electrons. The molecule has 0 aliphatic carbocycles. The third kappa shape index (κ3) is 3.51. The number of pyridine rings is 1. The molecular formula is C22H18FN7O2. The molecule has 0 saturated carbocycles. The molecule has 0 fully saturated rings. The zero-order valence-electron chi connectivity index (χ0n) is 17.2. The number of hydrogen-bond acceptors (Lipinski definition) is 6. The molecule has 1 amide bonds. The molecule has 0 unspecified atom stereocenters. The van der Waals surface area contributed by atoms with Crippen LogP contribution in [0.3, 0.4) is 0 Å². The van der Waals surface area contributed by atoms with E-state index in [2.05, 4.69) is 25.5 Å². The minimum atomic E-state index is -0.595. The van der Waals surface area contributed by atoms with Gasteiger partial charge >= 0.3 is 0 Å². The molecular weight excluding hydrogens is 413 g/mol. The first-order valence-electron chi connectivity index (χ1n) is 9.90. The van der Waals surface area contributed by atoms with Crippen LogP contribution in [0.1, 0.15) is 30.4 Å². The van der Waals surface area contributed by atoms with E-state index in [-0.39, 0.29) is 11.8 Å². The molecule has 0 aliphatic heterocycles. The van der Waals surface area contributed by atoms with Crippen LogP contribution in [0.25, 0.3) is 28.2 Å². The van der Waals surface area contributed by atoms with Crippen molar-refractivity contribution in [2.75, 3.05) is 5.32 Å². The molecule has 160 valence electrons. The van der Waals surface area contributed by atoms with Gasteiger partial charge in [-0.1, -0.05) is 12.1 Å². The number of nitrogens with zero attached hydrogens (tertiary/aromatic N) is 6. The second-order valence-electron chi connectivity index (χ2n) is 7.42. The van der Waals surface area contributed by atoms with Gasteiger partial charge in [-0.2, -0.15) is 4.39 Å². The van der Waals surface area contributed by atoms with Crippen molar-refractivity contribution in [1.82, 2.24) is 29.3 Å². The van der Waals surface area contributed by atoms with Gasteiger partial charge in [0.05, 0.1) is 11.9 Å². The smallest absolute Gasteiger partial charge is 0.292 e. The number of nitrogens with one attached hydrogen (secondary N) is 1. The van der Waals surface area contributed by atoms with E-state index in [9.17, 15) is 9.18 Å². The zero-order chi connectivity index (χ0) is 22.2. The predicted octanol–water partition coefficient (Wildman–Crippen LogP) is 4.24. The highest BCUT2D eigenvalue weighted by Gasteiger charge is 2.17. The Morgan fingerprint density at radius 1 is 1.16 bits per heavy atom. The largest absolute Gasteiger partial charge is 0.451 e. The number of carbonyl (C=O) groups is 1. The lowest BCUT2D eigenvalue weighted by Gasteiger charge is -2.10. The maximum atomic E-state index is 13.4. The summed E-state index contributed by atoms with van der Waals surface area (Å²) in [5, 5.41) is 11.5. The lowest BCUT2D eigenvalue weighted by Crippen LogP contribution is -2.12. The molecule has 0 saturated heterocycles. The summed E-state index contributed by atoms with van der Waals surface area (Å²) in [6.45, 7) is 4.04. The number of amides is 1. The van der Waals surface area contributed by atoms with E-state index >= 15 is 0 Å². The highest BCUT2D eigenvalue weighted by Crippen LogP contribution is 2.27. The number of halogens is 1. The van der Waals surface area contributed by atoms with E-state index in [0.29, 0.717) is 34.0 Å². The summed E-state index contributed by atoms with van der Waals surface area (Å²) in [7, 11) is 0. The molecule has 0 aliphatic rings. The molecule has 0 bridgehead atoms. The molecule has 0 spiro atoms. The number of aromatic nitrogens is 6. The Morgan fingerprint density at radius 3 is 2.78 bits per heavy atom. The summed E-state index contributed by atoms with van der Waals surface area (Å²) in [6.07, 6.45) is 4.26. The van der Waals surface area contributed by atoms with Gasteiger partial charge in [-0.15, -0.1) is 10.2 Å². The third-order valence-electron chi connectivity index (χ3n) is 4.94. The molecule has 4 aromatic heterocycles. The van der Waals surface area contributed by atoms with Gasteiger partial charge in [0.1, 0.15) is 29.7 Å². The Labute approximate surface area is 181 Å². The second-order valence-corrected chi connectivity index (χ2v) is 7.42. The number of carbonyl (C=O) groups excluding carboxylic acids is 1. The number of furan rings is 1. The number of imidazole rings is 1. The molecule has 5 rings (SSSR count). The first-order valence-corrected chi connectivity index (χ1v) is 9.90. The summed E-state index contributed by atoms with van der Waals surface area (Å²) < 4.78 is 22.5. The lowest BCUT2D eigenvalue weighted by molar-refractivity contribution is 0.0998. The normalized spacial score (nSPS) is 11.4. The Bertz CT molecular complexity index is 1430. The van der Waals surface area contributed by atoms with Crippen molar-refractivity contribution >= 4 is 22.7 Å². The summed E-state index contributed by atoms with van der Waals surface area (Å²) in [6, 6.07) is 12.3. The minimum Gasteiger partial charge on any atom is -0.451 e. The fourth-order valence-corrected chi connectivity index (χ4v) is 3.42. The third-order valence-corrected chi connectivity index (χ3v) is 4.94. The SMILES string of the molecule is CC(C)n1cnnc1-c1cccc(NC(=O)c2cc3c(-n4cnc(F)c4)cccc3o2)n1. The van der Waals surface area contributed by atoms with Gasteiger partial charge in [-0.25, -0.2) is 9.97 Å². The summed E-state index contributed by atoms with van der Waals surface area (Å²) in [4.78, 5) is 21.0. The average molecular weight is 431 g/mol. The van der Waals surface area contributed by atoms with Crippen LogP contribution in [0.2, 0.25) is 0 Å². The summed E-state index contributed by atoms with van der Waals surface area (Å²) in [5.41, 5.74) is 1.73. The maximum absolute atomic E-state index is 13.4. The van der Waals surface area contributed by atoms with Gasteiger partial charge in [0.25, 0.3) is 5.91 Å². The predicted molar refractivity (Wildman–Crippen MR) is 115 cm³/mol. The zero-order valence-corrected chi connectivity index (χ0v) is 17.2. The van der Waals surface area contributed by atoms with Gasteiger partial charge in [0, 0.05) is 11.4 Å². The van der Waals surface area contributed by atoms with Crippen molar-refractivity contribution in [3.05, 3.63) is 73.0 Å². The van der Waals surface area contributed by atoms with E-state index in [1.807, 2.05) is 18.4 Å². The van der Waals surface area contributed by atoms with Crippen LogP contribution in [-0.2, 0) is 0 Å². The van der Waals surface area contributed by atoms with Crippen molar-refractivity contribution in [3.8, 4) is 17.2 Å². The van der Waals surface area contributed by atoms with Crippen molar-refractivity contribution in [3.63, 3.8) is 0 Å². The standard InChI is InChI=1S/C22H18FN7O2/c1-13(2)30-12-25-28-21(30)15-5-3-8-20(26-15)27-22(31)18-9-14-16(6-4-7-17(14)32-18)29-10-19(23)24-11-29/h3-13H,1-2H3,(H,26,27,31). The van der Waals surface area contributed by atoms with Crippen LogP contribution in [0, 0.1) is 5.95 Å². The number of hydrogen-bond donors (Lipinski definition) is 1. The quantitative estimate of drug-likeness (QED) is 0.446. The van der Waals surface area contributed by atoms with Gasteiger partial charge < -0.3 is 18.9 Å². The number of rotatable bonds is 5. The van der Waals surface area contributed by atoms with Crippen LogP contribution in [-0.4, -0.2) is 35.2 Å². The lowest BCUT2D eigenvalue weighted by atomic mass is 10.2. The number of benzene rings is 1. The molecule has 9 nitrogen and oxygen atoms in total. The van der Waals surface area contributed by atoms with Crippen LogP contribution < -0.4 is 5.32 Å². The Morgan fingerprint density at radius 2 is 2.00 bits per heavy atom. The van der Waals surface area contributed by atoms with E-state index in [0.717, 1.165) is 0 Å². The van der Waals surface area contributed by atoms with Crippen molar-refractivity contribution in [2.24, 2.45) is 0 Å². The van der Waals surface area contributed by atoms with Crippen LogP contribution in [0.5, 0.6) is 0 Å². The molecule has 1 N–H and O–H groups in total. The second kappa shape index (κ2) is 7.73. The average Bonchev–Trinajstić information content (AvgIpc) is 3.52. The van der Waals surface area contributed by atoms with Crippen molar-refractivity contribution in [1.29, 1.82) is 0 Å². The van der Waals surface area contributed by atoms with E-state index in [4.69, 9.17) is 4.42 Å². The van der Waals surface area contributed by atoms with Crippen molar-refractivity contribution < 1.29 is 13.6 Å². The van der Waals surface area contributed by atoms with E-state index in [1.54, 1.807) is 48.8 Å². The minimum absolute atomic E-state index is 0.102. The fraction of sp³-hybridized carbons (Fsp3) is 0.136. The summed E-state index contributed by atoms with van der Waals surface area (Å²) >= 11 is 0. The number of anilines is 1. The van der Waals surface area contributed by atoms with Crippen LogP contribution in [0.4, 0.5) is 10.2 Å². The first kappa shape index (κ1) is 19.6. The topological polar surface area (TPSA) is 104 Å². The number of fused-ring (bicyclic) bond motifs is 1. The van der Waals surface area contributed by atoms with Gasteiger partial charge in [-0.05, 0) is 44.2 Å². The van der Waals surface area contributed by atoms with Gasteiger partial charge in [-0.3, -0.25) is 4.79 Å². The molecule has 32 heavy (non-hydrogen) atoms. The maximum Gasteiger partial charge on any atom is 0.292 e. The van der Waals surface area contributed by atoms with Gasteiger partial charge in [0.15, 0.2) is 11.6 Å². The van der Waals surface area contributed by atoms with E-state index in [1.165, 1.54) is 17.1 Å².